The van der Waals surface area contributed by atoms with Gasteiger partial charge in [-0.1, -0.05) is 34.6 Å². The first kappa shape index (κ1) is 14.3. The van der Waals surface area contributed by atoms with E-state index in [4.69, 9.17) is 0 Å². The third kappa shape index (κ3) is 5.26. The van der Waals surface area contributed by atoms with Crippen molar-refractivity contribution >= 4 is 11.8 Å². The standard InChI is InChI=1S/C12H27NS/c1-7-12(8-2,14-6)10-13-9-11(3,4)5/h13H,7-10H2,1-6H3. The van der Waals surface area contributed by atoms with E-state index in [1.54, 1.807) is 0 Å². The van der Waals surface area contributed by atoms with Crippen LogP contribution in [0.5, 0.6) is 0 Å². The Kier molecular flexibility index (Phi) is 6.15. The van der Waals surface area contributed by atoms with Crippen LogP contribution < -0.4 is 5.32 Å². The Morgan fingerprint density at radius 2 is 1.50 bits per heavy atom. The van der Waals surface area contributed by atoms with E-state index in [1.807, 2.05) is 11.8 Å². The Morgan fingerprint density at radius 3 is 1.79 bits per heavy atom. The molecule has 86 valence electrons. The van der Waals surface area contributed by atoms with Crippen LogP contribution in [0.4, 0.5) is 0 Å². The second-order valence-corrected chi connectivity index (χ2v) is 6.53. The molecule has 0 aromatic heterocycles. The van der Waals surface area contributed by atoms with Crippen LogP contribution in [0, 0.1) is 5.41 Å². The van der Waals surface area contributed by atoms with Gasteiger partial charge in [-0.25, -0.2) is 0 Å². The predicted molar refractivity (Wildman–Crippen MR) is 69.2 cm³/mol. The van der Waals surface area contributed by atoms with E-state index in [1.165, 1.54) is 12.8 Å². The van der Waals surface area contributed by atoms with Crippen LogP contribution in [0.15, 0.2) is 0 Å². The van der Waals surface area contributed by atoms with Crippen molar-refractivity contribution in [2.75, 3.05) is 19.3 Å². The second kappa shape index (κ2) is 6.02. The number of hydrogen-bond donors (Lipinski definition) is 1. The Bertz CT molecular complexity index is 137. The van der Waals surface area contributed by atoms with Gasteiger partial charge in [0.05, 0.1) is 0 Å². The number of rotatable bonds is 6. The maximum atomic E-state index is 3.60. The van der Waals surface area contributed by atoms with Crippen LogP contribution in [0.2, 0.25) is 0 Å². The zero-order valence-corrected chi connectivity index (χ0v) is 11.6. The molecule has 0 amide bonds. The average molecular weight is 217 g/mol. The van der Waals surface area contributed by atoms with Crippen LogP contribution in [0.1, 0.15) is 47.5 Å². The molecule has 1 N–H and O–H groups in total. The lowest BCUT2D eigenvalue weighted by Crippen LogP contribution is -2.39. The van der Waals surface area contributed by atoms with Crippen molar-refractivity contribution in [1.82, 2.24) is 5.32 Å². The highest BCUT2D eigenvalue weighted by atomic mass is 32.2. The molecule has 1 nitrogen and oxygen atoms in total. The average Bonchev–Trinajstić information content (AvgIpc) is 2.11. The quantitative estimate of drug-likeness (QED) is 0.730. The van der Waals surface area contributed by atoms with Crippen molar-refractivity contribution in [2.24, 2.45) is 5.41 Å². The molecule has 0 saturated carbocycles. The third-order valence-electron chi connectivity index (χ3n) is 2.82. The van der Waals surface area contributed by atoms with Crippen molar-refractivity contribution in [3.63, 3.8) is 0 Å². The molecule has 0 radical (unpaired) electrons. The van der Waals surface area contributed by atoms with Gasteiger partial charge < -0.3 is 5.32 Å². The van der Waals surface area contributed by atoms with Gasteiger partial charge in [-0.3, -0.25) is 0 Å². The molecular weight excluding hydrogens is 190 g/mol. The van der Waals surface area contributed by atoms with Crippen LogP contribution in [0.3, 0.4) is 0 Å². The SMILES string of the molecule is CCC(CC)(CNCC(C)(C)C)SC. The first-order valence-corrected chi connectivity index (χ1v) is 6.87. The highest BCUT2D eigenvalue weighted by Crippen LogP contribution is 2.29. The molecule has 0 aromatic carbocycles. The van der Waals surface area contributed by atoms with Crippen molar-refractivity contribution < 1.29 is 0 Å². The first-order chi connectivity index (χ1) is 6.39. The van der Waals surface area contributed by atoms with Crippen LogP contribution in [-0.2, 0) is 0 Å². The molecule has 2 heteroatoms. The molecule has 0 aliphatic carbocycles. The lowest BCUT2D eigenvalue weighted by molar-refractivity contribution is 0.362. The summed E-state index contributed by atoms with van der Waals surface area (Å²) in [6, 6.07) is 0. The molecule has 0 fully saturated rings. The first-order valence-electron chi connectivity index (χ1n) is 5.65. The van der Waals surface area contributed by atoms with E-state index in [9.17, 15) is 0 Å². The molecule has 0 aliphatic heterocycles. The predicted octanol–water partition coefficient (Wildman–Crippen LogP) is 3.54. The normalized spacial score (nSPS) is 13.3. The van der Waals surface area contributed by atoms with Gasteiger partial charge in [0.2, 0.25) is 0 Å². The topological polar surface area (TPSA) is 12.0 Å². The van der Waals surface area contributed by atoms with Gasteiger partial charge in [-0.15, -0.1) is 0 Å². The summed E-state index contributed by atoms with van der Waals surface area (Å²) in [6.07, 6.45) is 4.73. The van der Waals surface area contributed by atoms with Gasteiger partial charge >= 0.3 is 0 Å². The van der Waals surface area contributed by atoms with E-state index in [-0.39, 0.29) is 0 Å². The summed E-state index contributed by atoms with van der Waals surface area (Å²) < 4.78 is 0.450. The van der Waals surface area contributed by atoms with Gasteiger partial charge in [0.15, 0.2) is 0 Å². The molecule has 0 heterocycles. The van der Waals surface area contributed by atoms with Crippen molar-refractivity contribution in [3.8, 4) is 0 Å². The van der Waals surface area contributed by atoms with E-state index in [0.717, 1.165) is 13.1 Å². The van der Waals surface area contributed by atoms with Gasteiger partial charge in [0.1, 0.15) is 0 Å². The van der Waals surface area contributed by atoms with Crippen molar-refractivity contribution in [1.29, 1.82) is 0 Å². The molecule has 14 heavy (non-hydrogen) atoms. The lowest BCUT2D eigenvalue weighted by Gasteiger charge is -2.31. The van der Waals surface area contributed by atoms with E-state index < -0.39 is 0 Å². The van der Waals surface area contributed by atoms with E-state index >= 15 is 0 Å². The second-order valence-electron chi connectivity index (χ2n) is 5.26. The summed E-state index contributed by atoms with van der Waals surface area (Å²) in [5.74, 6) is 0. The van der Waals surface area contributed by atoms with E-state index in [0.29, 0.717) is 10.2 Å². The molecule has 0 unspecified atom stereocenters. The van der Waals surface area contributed by atoms with Gasteiger partial charge in [0.25, 0.3) is 0 Å². The summed E-state index contributed by atoms with van der Waals surface area (Å²) >= 11 is 2.01. The third-order valence-corrected chi connectivity index (χ3v) is 4.41. The van der Waals surface area contributed by atoms with Crippen LogP contribution in [0.25, 0.3) is 0 Å². The number of nitrogens with one attached hydrogen (secondary N) is 1. The fraction of sp³-hybridized carbons (Fsp3) is 1.00. The van der Waals surface area contributed by atoms with Gasteiger partial charge in [0, 0.05) is 17.8 Å². The minimum absolute atomic E-state index is 0.394. The van der Waals surface area contributed by atoms with Gasteiger partial charge in [-0.05, 0) is 24.5 Å². The summed E-state index contributed by atoms with van der Waals surface area (Å²) in [6.45, 7) is 13.7. The highest BCUT2D eigenvalue weighted by molar-refractivity contribution is 8.00. The monoisotopic (exact) mass is 217 g/mol. The molecule has 0 aliphatic rings. The smallest absolute Gasteiger partial charge is 0.0276 e. The number of thioether (sulfide) groups is 1. The zero-order chi connectivity index (χ0) is 11.2. The molecule has 0 aromatic rings. The molecule has 0 rings (SSSR count). The minimum atomic E-state index is 0.394. The van der Waals surface area contributed by atoms with E-state index in [2.05, 4.69) is 46.2 Å². The van der Waals surface area contributed by atoms with Crippen molar-refractivity contribution in [2.45, 2.75) is 52.2 Å². The Hall–Kier alpha value is 0.310. The maximum absolute atomic E-state index is 3.60. The maximum Gasteiger partial charge on any atom is 0.0276 e. The molecule has 0 saturated heterocycles. The largest absolute Gasteiger partial charge is 0.315 e. The van der Waals surface area contributed by atoms with Crippen molar-refractivity contribution in [3.05, 3.63) is 0 Å². The summed E-state index contributed by atoms with van der Waals surface area (Å²) in [5.41, 5.74) is 0.394. The molecule has 0 spiro atoms. The Morgan fingerprint density at radius 1 is 1.00 bits per heavy atom. The lowest BCUT2D eigenvalue weighted by atomic mass is 9.96. The Balaban J connectivity index is 3.95. The fourth-order valence-corrected chi connectivity index (χ4v) is 2.35. The number of hydrogen-bond acceptors (Lipinski definition) is 2. The summed E-state index contributed by atoms with van der Waals surface area (Å²) in [7, 11) is 0. The van der Waals surface area contributed by atoms with Crippen LogP contribution in [-0.4, -0.2) is 24.1 Å². The fourth-order valence-electron chi connectivity index (χ4n) is 1.53. The highest BCUT2D eigenvalue weighted by Gasteiger charge is 2.24. The molecular formula is C12H27NS. The zero-order valence-electron chi connectivity index (χ0n) is 10.7. The van der Waals surface area contributed by atoms with Crippen LogP contribution >= 0.6 is 11.8 Å². The molecule has 0 bridgehead atoms. The summed E-state index contributed by atoms with van der Waals surface area (Å²) in [4.78, 5) is 0. The minimum Gasteiger partial charge on any atom is -0.315 e. The summed E-state index contributed by atoms with van der Waals surface area (Å²) in [5, 5.41) is 3.60. The molecule has 0 atom stereocenters. The Labute approximate surface area is 94.4 Å². The van der Waals surface area contributed by atoms with Gasteiger partial charge in [-0.2, -0.15) is 11.8 Å².